The van der Waals surface area contributed by atoms with E-state index in [1.165, 1.54) is 23.7 Å². The Bertz CT molecular complexity index is 1380. The number of carbonyl (C=O) groups is 2. The molecular formula is C23H22N8O2S. The van der Waals surface area contributed by atoms with Gasteiger partial charge in [-0.15, -0.1) is 11.3 Å². The zero-order chi connectivity index (χ0) is 23.7. The minimum Gasteiger partial charge on any atom is -0.383 e. The Balaban J connectivity index is 1.50. The van der Waals surface area contributed by atoms with Crippen LogP contribution < -0.4 is 11.1 Å². The summed E-state index contributed by atoms with van der Waals surface area (Å²) in [4.78, 5) is 39.8. The van der Waals surface area contributed by atoms with E-state index in [0.717, 1.165) is 18.4 Å². The molecule has 3 N–H and O–H groups in total. The molecule has 0 bridgehead atoms. The van der Waals surface area contributed by atoms with Crippen molar-refractivity contribution < 1.29 is 9.59 Å². The van der Waals surface area contributed by atoms with E-state index in [1.54, 1.807) is 35.5 Å². The minimum absolute atomic E-state index is 0.0600. The highest BCUT2D eigenvalue weighted by Gasteiger charge is 2.28. The summed E-state index contributed by atoms with van der Waals surface area (Å²) in [6, 6.07) is 5.25. The van der Waals surface area contributed by atoms with E-state index in [0.29, 0.717) is 46.2 Å². The fraction of sp³-hybridized carbons (Fsp3) is 0.217. The van der Waals surface area contributed by atoms with Crippen molar-refractivity contribution in [3.05, 3.63) is 59.8 Å². The van der Waals surface area contributed by atoms with Crippen LogP contribution in [-0.2, 0) is 4.79 Å². The van der Waals surface area contributed by atoms with E-state index < -0.39 is 0 Å². The zero-order valence-corrected chi connectivity index (χ0v) is 19.0. The molecule has 11 heteroatoms. The quantitative estimate of drug-likeness (QED) is 0.425. The van der Waals surface area contributed by atoms with Gasteiger partial charge in [0.2, 0.25) is 5.91 Å². The maximum atomic E-state index is 12.7. The number of anilines is 2. The standard InChI is InChI=1S/C23H22N8O2S/c1-2-18(32)30-8-4-6-16(11-30)31-22-19(21(24)26-13-27-22)20(29-31)14-9-17(34-12-14)23(33)28-15-5-3-7-25-10-15/h2-3,5,7,9-10,12-13,16H,1,4,6,8,11H2,(H,28,33)(H2,24,26,27)/t16-/m1/s1. The number of nitrogen functional groups attached to an aromatic ring is 1. The maximum absolute atomic E-state index is 12.7. The summed E-state index contributed by atoms with van der Waals surface area (Å²) in [5.74, 6) is -0.0191. The van der Waals surface area contributed by atoms with Crippen LogP contribution in [0.3, 0.4) is 0 Å². The Morgan fingerprint density at radius 2 is 2.21 bits per heavy atom. The normalized spacial score (nSPS) is 15.9. The summed E-state index contributed by atoms with van der Waals surface area (Å²) in [5.41, 5.74) is 8.82. The van der Waals surface area contributed by atoms with Gasteiger partial charge in [-0.25, -0.2) is 14.6 Å². The van der Waals surface area contributed by atoms with Gasteiger partial charge in [0.25, 0.3) is 5.91 Å². The second-order valence-electron chi connectivity index (χ2n) is 7.93. The summed E-state index contributed by atoms with van der Waals surface area (Å²) in [5, 5.41) is 10.2. The summed E-state index contributed by atoms with van der Waals surface area (Å²) in [6.07, 6.45) is 7.67. The Kier molecular flexibility index (Phi) is 5.76. The minimum atomic E-state index is -0.233. The molecule has 5 rings (SSSR count). The van der Waals surface area contributed by atoms with Gasteiger partial charge < -0.3 is 16.0 Å². The highest BCUT2D eigenvalue weighted by molar-refractivity contribution is 7.12. The van der Waals surface area contributed by atoms with Crippen molar-refractivity contribution in [1.29, 1.82) is 0 Å². The highest BCUT2D eigenvalue weighted by atomic mass is 32.1. The zero-order valence-electron chi connectivity index (χ0n) is 18.2. The molecule has 1 aliphatic heterocycles. The van der Waals surface area contributed by atoms with Crippen molar-refractivity contribution in [2.24, 2.45) is 0 Å². The molecule has 1 saturated heterocycles. The van der Waals surface area contributed by atoms with E-state index >= 15 is 0 Å². The third-order valence-corrected chi connectivity index (χ3v) is 6.69. The topological polar surface area (TPSA) is 132 Å². The smallest absolute Gasteiger partial charge is 0.265 e. The first-order valence-corrected chi connectivity index (χ1v) is 11.6. The number of nitrogens with two attached hydrogens (primary N) is 1. The van der Waals surface area contributed by atoms with Gasteiger partial charge in [-0.05, 0) is 37.1 Å². The highest BCUT2D eigenvalue weighted by Crippen LogP contribution is 2.35. The molecule has 4 aromatic rings. The molecule has 172 valence electrons. The molecule has 10 nitrogen and oxygen atoms in total. The lowest BCUT2D eigenvalue weighted by atomic mass is 10.1. The number of thiophene rings is 1. The van der Waals surface area contributed by atoms with Gasteiger partial charge in [-0.2, -0.15) is 5.10 Å². The van der Waals surface area contributed by atoms with Crippen molar-refractivity contribution in [2.45, 2.75) is 18.9 Å². The van der Waals surface area contributed by atoms with Crippen LogP contribution in [0.1, 0.15) is 28.6 Å². The predicted molar refractivity (Wildman–Crippen MR) is 130 cm³/mol. The third kappa shape index (κ3) is 4.01. The Hall–Kier alpha value is -4.12. The number of nitrogens with one attached hydrogen (secondary N) is 1. The summed E-state index contributed by atoms with van der Waals surface area (Å²) in [7, 11) is 0. The molecule has 1 aliphatic rings. The van der Waals surface area contributed by atoms with Crippen LogP contribution in [0.4, 0.5) is 11.5 Å². The lowest BCUT2D eigenvalue weighted by Crippen LogP contribution is -2.40. The number of nitrogens with zero attached hydrogens (tertiary/aromatic N) is 6. The number of carbonyl (C=O) groups excluding carboxylic acids is 2. The lowest BCUT2D eigenvalue weighted by Gasteiger charge is -2.32. The van der Waals surface area contributed by atoms with Crippen molar-refractivity contribution >= 4 is 45.7 Å². The molecule has 1 fully saturated rings. The molecule has 0 radical (unpaired) electrons. The number of piperidine rings is 1. The Labute approximate surface area is 199 Å². The van der Waals surface area contributed by atoms with E-state index in [1.807, 2.05) is 10.1 Å². The van der Waals surface area contributed by atoms with Gasteiger partial charge in [0.15, 0.2) is 5.65 Å². The number of aromatic nitrogens is 5. The Morgan fingerprint density at radius 3 is 3.00 bits per heavy atom. The summed E-state index contributed by atoms with van der Waals surface area (Å²) in [6.45, 7) is 4.79. The maximum Gasteiger partial charge on any atom is 0.265 e. The first-order valence-electron chi connectivity index (χ1n) is 10.8. The number of pyridine rings is 1. The molecular weight excluding hydrogens is 452 g/mol. The number of likely N-dealkylation sites (tertiary alicyclic amines) is 1. The van der Waals surface area contributed by atoms with E-state index in [-0.39, 0.29) is 17.9 Å². The van der Waals surface area contributed by atoms with Crippen molar-refractivity contribution in [3.8, 4) is 11.3 Å². The molecule has 0 unspecified atom stereocenters. The molecule has 5 heterocycles. The van der Waals surface area contributed by atoms with Gasteiger partial charge in [0.05, 0.1) is 28.2 Å². The average Bonchev–Trinajstić information content (AvgIpc) is 3.50. The van der Waals surface area contributed by atoms with Gasteiger partial charge in [-0.1, -0.05) is 6.58 Å². The fourth-order valence-electron chi connectivity index (χ4n) is 4.14. The second kappa shape index (κ2) is 9.02. The van der Waals surface area contributed by atoms with Crippen LogP contribution in [-0.4, -0.2) is 54.5 Å². The van der Waals surface area contributed by atoms with Crippen molar-refractivity contribution in [1.82, 2.24) is 29.6 Å². The molecule has 0 aromatic carbocycles. The van der Waals surface area contributed by atoms with E-state index in [2.05, 4.69) is 26.8 Å². The van der Waals surface area contributed by atoms with Gasteiger partial charge >= 0.3 is 0 Å². The number of amides is 2. The van der Waals surface area contributed by atoms with E-state index in [4.69, 9.17) is 10.8 Å². The summed E-state index contributed by atoms with van der Waals surface area (Å²) >= 11 is 1.31. The molecule has 0 saturated carbocycles. The monoisotopic (exact) mass is 474 g/mol. The van der Waals surface area contributed by atoms with Crippen LogP contribution in [0.2, 0.25) is 0 Å². The fourth-order valence-corrected chi connectivity index (χ4v) is 4.93. The number of hydrogen-bond acceptors (Lipinski definition) is 8. The van der Waals surface area contributed by atoms with Crippen LogP contribution in [0, 0.1) is 0 Å². The lowest BCUT2D eigenvalue weighted by molar-refractivity contribution is -0.127. The average molecular weight is 475 g/mol. The van der Waals surface area contributed by atoms with Crippen molar-refractivity contribution in [3.63, 3.8) is 0 Å². The number of rotatable bonds is 5. The van der Waals surface area contributed by atoms with Gasteiger partial charge in [0, 0.05) is 30.2 Å². The van der Waals surface area contributed by atoms with Crippen LogP contribution in [0.25, 0.3) is 22.3 Å². The predicted octanol–water partition coefficient (Wildman–Crippen LogP) is 3.13. The molecule has 0 aliphatic carbocycles. The first-order chi connectivity index (χ1) is 16.5. The second-order valence-corrected chi connectivity index (χ2v) is 8.84. The largest absolute Gasteiger partial charge is 0.383 e. The molecule has 2 amide bonds. The first kappa shape index (κ1) is 21.7. The van der Waals surface area contributed by atoms with Crippen LogP contribution >= 0.6 is 11.3 Å². The van der Waals surface area contributed by atoms with E-state index in [9.17, 15) is 9.59 Å². The number of fused-ring (bicyclic) bond motifs is 1. The molecule has 0 spiro atoms. The third-order valence-electron chi connectivity index (χ3n) is 5.76. The van der Waals surface area contributed by atoms with Crippen LogP contribution in [0.5, 0.6) is 0 Å². The number of hydrogen-bond donors (Lipinski definition) is 2. The molecule has 1 atom stereocenters. The Morgan fingerprint density at radius 1 is 1.32 bits per heavy atom. The van der Waals surface area contributed by atoms with Gasteiger partial charge in [-0.3, -0.25) is 14.6 Å². The van der Waals surface area contributed by atoms with Crippen molar-refractivity contribution in [2.75, 3.05) is 24.1 Å². The van der Waals surface area contributed by atoms with Crippen LogP contribution in [0.15, 0.2) is 55.0 Å². The molecule has 34 heavy (non-hydrogen) atoms. The summed E-state index contributed by atoms with van der Waals surface area (Å²) < 4.78 is 1.83. The SMILES string of the molecule is C=CC(=O)N1CCC[C@@H](n2nc(-c3csc(C(=O)Nc4cccnc4)c3)c3c(N)ncnc32)C1. The molecule has 4 aromatic heterocycles. The van der Waals surface area contributed by atoms with Gasteiger partial charge in [0.1, 0.15) is 17.8 Å².